The van der Waals surface area contributed by atoms with Gasteiger partial charge in [-0.25, -0.2) is 4.98 Å². The van der Waals surface area contributed by atoms with Gasteiger partial charge in [0.2, 0.25) is 0 Å². The zero-order valence-electron chi connectivity index (χ0n) is 14.8. The highest BCUT2D eigenvalue weighted by molar-refractivity contribution is 5.74. The fourth-order valence-electron chi connectivity index (χ4n) is 3.21. The zero-order valence-corrected chi connectivity index (χ0v) is 14.8. The van der Waals surface area contributed by atoms with Crippen LogP contribution in [0.25, 0.3) is 22.3 Å². The molecule has 0 saturated heterocycles. The highest BCUT2D eigenvalue weighted by atomic mass is 15.3. The van der Waals surface area contributed by atoms with Crippen LogP contribution in [-0.2, 0) is 20.1 Å². The maximum Gasteiger partial charge on any atom is 0.0969 e. The summed E-state index contributed by atoms with van der Waals surface area (Å²) in [6.45, 7) is 2.70. The van der Waals surface area contributed by atoms with Crippen LogP contribution in [-0.4, -0.2) is 30.9 Å². The highest BCUT2D eigenvalue weighted by Gasteiger charge is 2.09. The molecular weight excluding hydrogens is 324 g/mol. The van der Waals surface area contributed by atoms with Crippen LogP contribution in [0.1, 0.15) is 12.0 Å². The fraction of sp³-hybridized carbons (Fsp3) is 0.250. The normalized spacial score (nSPS) is 11.3. The molecule has 0 spiro atoms. The molecule has 0 atom stereocenters. The number of rotatable bonds is 7. The number of aryl methyl sites for hydroxylation is 2. The molecule has 6 heteroatoms. The molecule has 3 heterocycles. The van der Waals surface area contributed by atoms with Gasteiger partial charge in [0.1, 0.15) is 0 Å². The van der Waals surface area contributed by atoms with E-state index in [2.05, 4.69) is 43.3 Å². The van der Waals surface area contributed by atoms with Gasteiger partial charge in [-0.15, -0.1) is 0 Å². The van der Waals surface area contributed by atoms with Gasteiger partial charge in [-0.3, -0.25) is 9.67 Å². The summed E-state index contributed by atoms with van der Waals surface area (Å²) >= 11 is 0. The second-order valence-electron chi connectivity index (χ2n) is 6.37. The van der Waals surface area contributed by atoms with Gasteiger partial charge in [-0.05, 0) is 37.2 Å². The minimum atomic E-state index is 0.802. The Balaban J connectivity index is 1.33. The molecule has 1 aromatic carbocycles. The fourth-order valence-corrected chi connectivity index (χ4v) is 3.21. The van der Waals surface area contributed by atoms with Crippen molar-refractivity contribution < 1.29 is 0 Å². The first-order valence-corrected chi connectivity index (χ1v) is 8.85. The largest absolute Gasteiger partial charge is 0.331 e. The standard InChI is InChI=1S/C20H22N6/c1-25-14-17(20(24-25)16-7-10-21-11-8-16)13-22-9-4-12-26-15-23-18-5-2-3-6-19(18)26/h2-3,5-8,10-11,14-15,22H,4,9,12-13H2,1H3. The average molecular weight is 346 g/mol. The van der Waals surface area contributed by atoms with E-state index < -0.39 is 0 Å². The molecule has 6 nitrogen and oxygen atoms in total. The quantitative estimate of drug-likeness (QED) is 0.523. The molecule has 0 bridgehead atoms. The van der Waals surface area contributed by atoms with Gasteiger partial charge in [-0.1, -0.05) is 12.1 Å². The van der Waals surface area contributed by atoms with Gasteiger partial charge in [-0.2, -0.15) is 5.10 Å². The van der Waals surface area contributed by atoms with Gasteiger partial charge in [0, 0.05) is 49.9 Å². The lowest BCUT2D eigenvalue weighted by molar-refractivity contribution is 0.588. The van der Waals surface area contributed by atoms with Gasteiger partial charge in [0.05, 0.1) is 23.1 Å². The third-order valence-corrected chi connectivity index (χ3v) is 4.45. The molecule has 0 aliphatic carbocycles. The molecule has 0 radical (unpaired) electrons. The number of imidazole rings is 1. The predicted molar refractivity (Wildman–Crippen MR) is 102 cm³/mol. The molecule has 0 aliphatic rings. The van der Waals surface area contributed by atoms with Crippen LogP contribution in [0, 0.1) is 0 Å². The van der Waals surface area contributed by atoms with E-state index in [0.29, 0.717) is 0 Å². The van der Waals surface area contributed by atoms with Crippen LogP contribution < -0.4 is 5.32 Å². The summed E-state index contributed by atoms with van der Waals surface area (Å²) in [5.41, 5.74) is 5.56. The lowest BCUT2D eigenvalue weighted by atomic mass is 10.1. The third-order valence-electron chi connectivity index (χ3n) is 4.45. The molecule has 0 unspecified atom stereocenters. The summed E-state index contributed by atoms with van der Waals surface area (Å²) < 4.78 is 4.08. The number of pyridine rings is 1. The number of benzene rings is 1. The van der Waals surface area contributed by atoms with Gasteiger partial charge >= 0.3 is 0 Å². The van der Waals surface area contributed by atoms with E-state index >= 15 is 0 Å². The minimum absolute atomic E-state index is 0.802. The van der Waals surface area contributed by atoms with E-state index in [1.54, 1.807) is 12.4 Å². The van der Waals surface area contributed by atoms with E-state index in [-0.39, 0.29) is 0 Å². The molecule has 4 rings (SSSR count). The zero-order chi connectivity index (χ0) is 17.8. The van der Waals surface area contributed by atoms with Crippen molar-refractivity contribution >= 4 is 11.0 Å². The Labute approximate surface area is 152 Å². The molecule has 0 saturated carbocycles. The van der Waals surface area contributed by atoms with Crippen LogP contribution in [0.5, 0.6) is 0 Å². The number of para-hydroxylation sites is 2. The lowest BCUT2D eigenvalue weighted by Gasteiger charge is -2.07. The van der Waals surface area contributed by atoms with Crippen molar-refractivity contribution in [3.63, 3.8) is 0 Å². The van der Waals surface area contributed by atoms with Crippen LogP contribution in [0.3, 0.4) is 0 Å². The summed E-state index contributed by atoms with van der Waals surface area (Å²) in [5.74, 6) is 0. The predicted octanol–water partition coefficient (Wildman–Crippen LogP) is 3.01. The van der Waals surface area contributed by atoms with Crippen molar-refractivity contribution in [2.45, 2.75) is 19.5 Å². The molecule has 0 amide bonds. The first-order chi connectivity index (χ1) is 12.8. The highest BCUT2D eigenvalue weighted by Crippen LogP contribution is 2.20. The number of nitrogens with one attached hydrogen (secondary N) is 1. The van der Waals surface area contributed by atoms with E-state index in [9.17, 15) is 0 Å². The average Bonchev–Trinajstić information content (AvgIpc) is 3.26. The molecule has 26 heavy (non-hydrogen) atoms. The van der Waals surface area contributed by atoms with E-state index in [0.717, 1.165) is 42.8 Å². The smallest absolute Gasteiger partial charge is 0.0969 e. The van der Waals surface area contributed by atoms with Gasteiger partial charge in [0.15, 0.2) is 0 Å². The van der Waals surface area contributed by atoms with Gasteiger partial charge in [0.25, 0.3) is 0 Å². The van der Waals surface area contributed by atoms with Crippen molar-refractivity contribution in [3.05, 3.63) is 66.9 Å². The summed E-state index contributed by atoms with van der Waals surface area (Å²) in [6.07, 6.45) is 8.65. The SMILES string of the molecule is Cn1cc(CNCCCn2cnc3ccccc32)c(-c2ccncc2)n1. The first kappa shape index (κ1) is 16.5. The lowest BCUT2D eigenvalue weighted by Crippen LogP contribution is -2.16. The Morgan fingerprint density at radius 3 is 2.81 bits per heavy atom. The Bertz CT molecular complexity index is 986. The van der Waals surface area contributed by atoms with Crippen LogP contribution >= 0.6 is 0 Å². The summed E-state index contributed by atoms with van der Waals surface area (Å²) in [6, 6.07) is 12.2. The molecule has 1 N–H and O–H groups in total. The van der Waals surface area contributed by atoms with E-state index in [1.807, 2.05) is 42.3 Å². The molecule has 0 aliphatic heterocycles. The van der Waals surface area contributed by atoms with Crippen LogP contribution in [0.2, 0.25) is 0 Å². The van der Waals surface area contributed by atoms with E-state index in [4.69, 9.17) is 0 Å². The summed E-state index contributed by atoms with van der Waals surface area (Å²) in [4.78, 5) is 8.52. The second kappa shape index (κ2) is 7.49. The number of hydrogen-bond acceptors (Lipinski definition) is 4. The molecular formula is C20H22N6. The molecule has 132 valence electrons. The molecule has 0 fully saturated rings. The van der Waals surface area contributed by atoms with Gasteiger partial charge < -0.3 is 9.88 Å². The number of aromatic nitrogens is 5. The number of nitrogens with zero attached hydrogens (tertiary/aromatic N) is 5. The van der Waals surface area contributed by atoms with Crippen molar-refractivity contribution in [2.75, 3.05) is 6.54 Å². The number of hydrogen-bond donors (Lipinski definition) is 1. The Morgan fingerprint density at radius 1 is 1.08 bits per heavy atom. The Morgan fingerprint density at radius 2 is 1.92 bits per heavy atom. The maximum atomic E-state index is 4.59. The van der Waals surface area contributed by atoms with Crippen molar-refractivity contribution in [1.82, 2.24) is 29.6 Å². The molecule has 4 aromatic rings. The minimum Gasteiger partial charge on any atom is -0.331 e. The number of fused-ring (bicyclic) bond motifs is 1. The first-order valence-electron chi connectivity index (χ1n) is 8.85. The summed E-state index contributed by atoms with van der Waals surface area (Å²) in [7, 11) is 1.96. The summed E-state index contributed by atoms with van der Waals surface area (Å²) in [5, 5.41) is 8.12. The topological polar surface area (TPSA) is 60.6 Å². The Hall–Kier alpha value is -2.99. The van der Waals surface area contributed by atoms with Crippen molar-refractivity contribution in [2.24, 2.45) is 7.05 Å². The monoisotopic (exact) mass is 346 g/mol. The second-order valence-corrected chi connectivity index (χ2v) is 6.37. The Kier molecular flexibility index (Phi) is 4.75. The van der Waals surface area contributed by atoms with E-state index in [1.165, 1.54) is 11.1 Å². The molecule has 3 aromatic heterocycles. The van der Waals surface area contributed by atoms with Crippen LogP contribution in [0.15, 0.2) is 61.3 Å². The van der Waals surface area contributed by atoms with Crippen molar-refractivity contribution in [1.29, 1.82) is 0 Å². The van der Waals surface area contributed by atoms with Crippen molar-refractivity contribution in [3.8, 4) is 11.3 Å². The third kappa shape index (κ3) is 3.50. The van der Waals surface area contributed by atoms with Crippen LogP contribution in [0.4, 0.5) is 0 Å². The maximum absolute atomic E-state index is 4.59.